The van der Waals surface area contributed by atoms with Gasteiger partial charge in [0.15, 0.2) is 0 Å². The van der Waals surface area contributed by atoms with Crippen molar-refractivity contribution in [2.45, 2.75) is 12.5 Å². The molecule has 0 aromatic carbocycles. The van der Waals surface area contributed by atoms with Gasteiger partial charge in [0.25, 0.3) is 0 Å². The van der Waals surface area contributed by atoms with E-state index in [0.29, 0.717) is 5.82 Å². The molecule has 2 aromatic heterocycles. The van der Waals surface area contributed by atoms with Crippen molar-refractivity contribution in [2.24, 2.45) is 0 Å². The minimum Gasteiger partial charge on any atom is -0.342 e. The maximum absolute atomic E-state index is 12.3. The van der Waals surface area contributed by atoms with Gasteiger partial charge in [-0.3, -0.25) is 4.79 Å². The van der Waals surface area contributed by atoms with E-state index in [1.165, 1.54) is 0 Å². The molecule has 0 aliphatic rings. The molecule has 4 nitrogen and oxygen atoms in total. The quantitative estimate of drug-likeness (QED) is 0.882. The van der Waals surface area contributed by atoms with Crippen LogP contribution in [-0.4, -0.2) is 27.5 Å². The number of amides is 1. The van der Waals surface area contributed by atoms with Gasteiger partial charge < -0.3 is 9.88 Å². The van der Waals surface area contributed by atoms with Crippen LogP contribution in [0.3, 0.4) is 0 Å². The molecule has 2 aromatic rings. The minimum absolute atomic E-state index is 0.0241. The molecular formula is C14H17N3OS. The van der Waals surface area contributed by atoms with E-state index < -0.39 is 0 Å². The third-order valence-electron chi connectivity index (χ3n) is 2.80. The van der Waals surface area contributed by atoms with Crippen LogP contribution in [0.1, 0.15) is 12.5 Å². The molecule has 1 amide bonds. The van der Waals surface area contributed by atoms with Gasteiger partial charge in [-0.05, 0) is 42.7 Å². The molecule has 0 bridgehead atoms. The zero-order valence-electron chi connectivity index (χ0n) is 10.8. The topological polar surface area (TPSA) is 46.9 Å². The number of carbonyl (C=O) groups excluding carboxylic acids is 1. The Hall–Kier alpha value is -1.75. The summed E-state index contributed by atoms with van der Waals surface area (Å²) in [4.78, 5) is 16.5. The first-order chi connectivity index (χ1) is 9.31. The second kappa shape index (κ2) is 6.99. The zero-order valence-corrected chi connectivity index (χ0v) is 11.6. The van der Waals surface area contributed by atoms with E-state index in [0.717, 1.165) is 12.2 Å². The van der Waals surface area contributed by atoms with Crippen molar-refractivity contribution in [2.75, 3.05) is 17.3 Å². The molecule has 100 valence electrons. The smallest absolute Gasteiger partial charge is 0.248 e. The highest BCUT2D eigenvalue weighted by Gasteiger charge is 2.19. The van der Waals surface area contributed by atoms with Crippen molar-refractivity contribution < 1.29 is 4.79 Å². The van der Waals surface area contributed by atoms with Crippen LogP contribution < -0.4 is 5.32 Å². The molecule has 0 fully saturated rings. The second-order valence-electron chi connectivity index (χ2n) is 4.13. The van der Waals surface area contributed by atoms with E-state index in [4.69, 9.17) is 0 Å². The first kappa shape index (κ1) is 13.7. The summed E-state index contributed by atoms with van der Waals surface area (Å²) in [6.45, 7) is 0. The van der Waals surface area contributed by atoms with Crippen LogP contribution in [0.5, 0.6) is 0 Å². The lowest BCUT2D eigenvalue weighted by Gasteiger charge is -2.17. The fourth-order valence-electron chi connectivity index (χ4n) is 1.85. The van der Waals surface area contributed by atoms with Crippen LogP contribution in [0.15, 0.2) is 48.9 Å². The van der Waals surface area contributed by atoms with E-state index in [1.54, 1.807) is 24.0 Å². The average Bonchev–Trinajstić information content (AvgIpc) is 2.94. The van der Waals surface area contributed by atoms with Crippen molar-refractivity contribution in [3.8, 4) is 0 Å². The normalized spacial score (nSPS) is 12.1. The summed E-state index contributed by atoms with van der Waals surface area (Å²) in [6, 6.07) is 9.14. The molecule has 1 N–H and O–H groups in total. The van der Waals surface area contributed by atoms with Crippen LogP contribution in [-0.2, 0) is 4.79 Å². The Morgan fingerprint density at radius 3 is 2.79 bits per heavy atom. The van der Waals surface area contributed by atoms with Crippen LogP contribution in [0.4, 0.5) is 5.82 Å². The van der Waals surface area contributed by atoms with E-state index in [-0.39, 0.29) is 11.9 Å². The van der Waals surface area contributed by atoms with Gasteiger partial charge in [-0.15, -0.1) is 0 Å². The Kier molecular flexibility index (Phi) is 5.03. The maximum Gasteiger partial charge on any atom is 0.248 e. The molecule has 0 saturated heterocycles. The van der Waals surface area contributed by atoms with Crippen LogP contribution in [0.2, 0.25) is 0 Å². The van der Waals surface area contributed by atoms with Gasteiger partial charge in [0, 0.05) is 18.6 Å². The van der Waals surface area contributed by atoms with Crippen molar-refractivity contribution >= 4 is 23.5 Å². The lowest BCUT2D eigenvalue weighted by atomic mass is 10.2. The number of nitrogens with zero attached hydrogens (tertiary/aromatic N) is 2. The first-order valence-electron chi connectivity index (χ1n) is 6.14. The minimum atomic E-state index is -0.190. The Balaban J connectivity index is 2.07. The Labute approximate surface area is 117 Å². The Bertz CT molecular complexity index is 499. The molecule has 0 aliphatic heterocycles. The number of carbonyl (C=O) groups is 1. The van der Waals surface area contributed by atoms with Crippen LogP contribution in [0, 0.1) is 0 Å². The number of aromatic nitrogens is 2. The van der Waals surface area contributed by atoms with E-state index in [9.17, 15) is 4.79 Å². The summed E-state index contributed by atoms with van der Waals surface area (Å²) in [5.74, 6) is 1.51. The number of hydrogen-bond donors (Lipinski definition) is 1. The lowest BCUT2D eigenvalue weighted by molar-refractivity contribution is -0.119. The molecule has 0 unspecified atom stereocenters. The maximum atomic E-state index is 12.3. The summed E-state index contributed by atoms with van der Waals surface area (Å²) < 4.78 is 1.94. The van der Waals surface area contributed by atoms with E-state index in [1.807, 2.05) is 47.5 Å². The standard InChI is InChI=1S/C14H17N3OS/c1-19-11-7-12(17-9-4-5-10-17)14(18)16-13-6-2-3-8-15-13/h2-6,8-10,12H,7,11H2,1H3,(H,15,16,18)/t12-/m0/s1. The highest BCUT2D eigenvalue weighted by molar-refractivity contribution is 7.98. The van der Waals surface area contributed by atoms with Crippen molar-refractivity contribution in [1.82, 2.24) is 9.55 Å². The van der Waals surface area contributed by atoms with Gasteiger partial charge in [-0.2, -0.15) is 11.8 Å². The molecule has 2 rings (SSSR count). The highest BCUT2D eigenvalue weighted by atomic mass is 32.2. The van der Waals surface area contributed by atoms with Gasteiger partial charge in [-0.1, -0.05) is 6.07 Å². The third kappa shape index (κ3) is 3.86. The summed E-state index contributed by atoms with van der Waals surface area (Å²) in [5, 5.41) is 2.86. The molecule has 2 heterocycles. The summed E-state index contributed by atoms with van der Waals surface area (Å²) >= 11 is 1.74. The van der Waals surface area contributed by atoms with Crippen LogP contribution in [0.25, 0.3) is 0 Å². The first-order valence-corrected chi connectivity index (χ1v) is 7.54. The second-order valence-corrected chi connectivity index (χ2v) is 5.12. The zero-order chi connectivity index (χ0) is 13.5. The average molecular weight is 275 g/mol. The molecule has 1 atom stereocenters. The summed E-state index contributed by atoms with van der Waals surface area (Å²) in [5.41, 5.74) is 0. The fourth-order valence-corrected chi connectivity index (χ4v) is 2.31. The van der Waals surface area contributed by atoms with E-state index >= 15 is 0 Å². The summed E-state index contributed by atoms with van der Waals surface area (Å²) in [6.07, 6.45) is 8.35. The van der Waals surface area contributed by atoms with Crippen molar-refractivity contribution in [3.05, 3.63) is 48.9 Å². The molecular weight excluding hydrogens is 258 g/mol. The van der Waals surface area contributed by atoms with Gasteiger partial charge in [0.05, 0.1) is 0 Å². The molecule has 0 saturated carbocycles. The number of pyridine rings is 1. The predicted octanol–water partition coefficient (Wildman–Crippen LogP) is 2.82. The van der Waals surface area contributed by atoms with E-state index in [2.05, 4.69) is 10.3 Å². The predicted molar refractivity (Wildman–Crippen MR) is 79.3 cm³/mol. The van der Waals surface area contributed by atoms with Crippen molar-refractivity contribution in [1.29, 1.82) is 0 Å². The number of thioether (sulfide) groups is 1. The largest absolute Gasteiger partial charge is 0.342 e. The third-order valence-corrected chi connectivity index (χ3v) is 3.45. The van der Waals surface area contributed by atoms with Gasteiger partial charge in [-0.25, -0.2) is 4.98 Å². The monoisotopic (exact) mass is 275 g/mol. The number of anilines is 1. The number of nitrogens with one attached hydrogen (secondary N) is 1. The lowest BCUT2D eigenvalue weighted by Crippen LogP contribution is -2.26. The van der Waals surface area contributed by atoms with Gasteiger partial charge in [0.1, 0.15) is 11.9 Å². The molecule has 5 heteroatoms. The Morgan fingerprint density at radius 1 is 1.37 bits per heavy atom. The fraction of sp³-hybridized carbons (Fsp3) is 0.286. The highest BCUT2D eigenvalue weighted by Crippen LogP contribution is 2.17. The Morgan fingerprint density at radius 2 is 2.16 bits per heavy atom. The SMILES string of the molecule is CSCC[C@@H](C(=O)Nc1ccccn1)n1cccc1. The van der Waals surface area contributed by atoms with Gasteiger partial charge >= 0.3 is 0 Å². The molecule has 0 spiro atoms. The molecule has 19 heavy (non-hydrogen) atoms. The van der Waals surface area contributed by atoms with Crippen molar-refractivity contribution in [3.63, 3.8) is 0 Å². The van der Waals surface area contributed by atoms with Crippen LogP contribution >= 0.6 is 11.8 Å². The number of hydrogen-bond acceptors (Lipinski definition) is 3. The molecule has 0 aliphatic carbocycles. The number of rotatable bonds is 6. The summed E-state index contributed by atoms with van der Waals surface area (Å²) in [7, 11) is 0. The van der Waals surface area contributed by atoms with Gasteiger partial charge in [0.2, 0.25) is 5.91 Å². The molecule has 0 radical (unpaired) electrons.